The molecule has 0 bridgehead atoms. The van der Waals surface area contributed by atoms with Gasteiger partial charge in [0.25, 0.3) is 0 Å². The van der Waals surface area contributed by atoms with Crippen LogP contribution in [-0.2, 0) is 0 Å². The van der Waals surface area contributed by atoms with Crippen LogP contribution in [0.15, 0.2) is 0 Å². The Kier molecular flexibility index (Phi) is 6.37. The van der Waals surface area contributed by atoms with Gasteiger partial charge >= 0.3 is 0 Å². The molecule has 0 heterocycles. The SMILES string of the molecule is CCC(O)CNC1CCCC(CC(C)C)C1. The predicted molar refractivity (Wildman–Crippen MR) is 69.5 cm³/mol. The van der Waals surface area contributed by atoms with Gasteiger partial charge in [0.05, 0.1) is 6.10 Å². The van der Waals surface area contributed by atoms with Crippen LogP contribution in [0, 0.1) is 11.8 Å². The minimum absolute atomic E-state index is 0.162. The van der Waals surface area contributed by atoms with Gasteiger partial charge in [0.15, 0.2) is 0 Å². The first-order valence-electron chi connectivity index (χ1n) is 7.03. The van der Waals surface area contributed by atoms with Gasteiger partial charge in [0.1, 0.15) is 0 Å². The summed E-state index contributed by atoms with van der Waals surface area (Å²) in [5.74, 6) is 1.73. The molecule has 0 amide bonds. The maximum atomic E-state index is 9.54. The van der Waals surface area contributed by atoms with Crippen molar-refractivity contribution in [1.29, 1.82) is 0 Å². The zero-order valence-corrected chi connectivity index (χ0v) is 11.2. The van der Waals surface area contributed by atoms with Crippen molar-refractivity contribution in [2.45, 2.75) is 71.4 Å². The first-order valence-corrected chi connectivity index (χ1v) is 7.03. The molecule has 0 spiro atoms. The molecule has 1 aliphatic rings. The summed E-state index contributed by atoms with van der Waals surface area (Å²) in [5.41, 5.74) is 0. The van der Waals surface area contributed by atoms with Gasteiger partial charge < -0.3 is 10.4 Å². The summed E-state index contributed by atoms with van der Waals surface area (Å²) in [6, 6.07) is 0.652. The molecule has 1 saturated carbocycles. The van der Waals surface area contributed by atoms with Crippen molar-refractivity contribution in [1.82, 2.24) is 5.32 Å². The average Bonchev–Trinajstić information content (AvgIpc) is 2.25. The van der Waals surface area contributed by atoms with Crippen molar-refractivity contribution in [3.63, 3.8) is 0 Å². The third-order valence-electron chi connectivity index (χ3n) is 3.70. The van der Waals surface area contributed by atoms with Crippen molar-refractivity contribution >= 4 is 0 Å². The van der Waals surface area contributed by atoms with Crippen molar-refractivity contribution in [3.8, 4) is 0 Å². The molecule has 2 heteroatoms. The van der Waals surface area contributed by atoms with E-state index < -0.39 is 0 Å². The smallest absolute Gasteiger partial charge is 0.0662 e. The minimum atomic E-state index is -0.162. The lowest BCUT2D eigenvalue weighted by atomic mass is 9.81. The van der Waals surface area contributed by atoms with Gasteiger partial charge in [0, 0.05) is 12.6 Å². The van der Waals surface area contributed by atoms with Gasteiger partial charge in [-0.2, -0.15) is 0 Å². The largest absolute Gasteiger partial charge is 0.392 e. The summed E-state index contributed by atoms with van der Waals surface area (Å²) >= 11 is 0. The Balaban J connectivity index is 2.22. The number of hydrogen-bond donors (Lipinski definition) is 2. The number of aliphatic hydroxyl groups is 1. The quantitative estimate of drug-likeness (QED) is 0.731. The Morgan fingerprint density at radius 2 is 2.06 bits per heavy atom. The van der Waals surface area contributed by atoms with Gasteiger partial charge in [-0.25, -0.2) is 0 Å². The number of hydrogen-bond acceptors (Lipinski definition) is 2. The Morgan fingerprint density at radius 3 is 2.69 bits per heavy atom. The molecule has 1 fully saturated rings. The van der Waals surface area contributed by atoms with Crippen molar-refractivity contribution in [2.75, 3.05) is 6.54 Å². The first kappa shape index (κ1) is 14.0. The van der Waals surface area contributed by atoms with Crippen LogP contribution in [0.5, 0.6) is 0 Å². The number of nitrogens with one attached hydrogen (secondary N) is 1. The van der Waals surface area contributed by atoms with Crippen LogP contribution in [-0.4, -0.2) is 23.8 Å². The second-order valence-corrected chi connectivity index (χ2v) is 5.83. The molecule has 2 nitrogen and oxygen atoms in total. The molecule has 1 rings (SSSR count). The molecule has 0 aromatic rings. The fourth-order valence-corrected chi connectivity index (χ4v) is 2.80. The topological polar surface area (TPSA) is 32.3 Å². The summed E-state index contributed by atoms with van der Waals surface area (Å²) in [5, 5.41) is 13.1. The Hall–Kier alpha value is -0.0800. The van der Waals surface area contributed by atoms with Crippen molar-refractivity contribution in [3.05, 3.63) is 0 Å². The second-order valence-electron chi connectivity index (χ2n) is 5.83. The van der Waals surface area contributed by atoms with E-state index in [1.807, 2.05) is 6.92 Å². The van der Waals surface area contributed by atoms with Gasteiger partial charge in [-0.1, -0.05) is 33.6 Å². The zero-order chi connectivity index (χ0) is 12.0. The summed E-state index contributed by atoms with van der Waals surface area (Å²) in [7, 11) is 0. The highest BCUT2D eigenvalue weighted by Crippen LogP contribution is 2.29. The third-order valence-corrected chi connectivity index (χ3v) is 3.70. The Morgan fingerprint density at radius 1 is 1.31 bits per heavy atom. The Labute approximate surface area is 101 Å². The van der Waals surface area contributed by atoms with E-state index in [1.165, 1.54) is 32.1 Å². The lowest BCUT2D eigenvalue weighted by molar-refractivity contribution is 0.153. The van der Waals surface area contributed by atoms with E-state index in [0.717, 1.165) is 24.8 Å². The molecule has 0 aromatic heterocycles. The van der Waals surface area contributed by atoms with E-state index >= 15 is 0 Å². The highest BCUT2D eigenvalue weighted by Gasteiger charge is 2.22. The molecular formula is C14H29NO. The molecular weight excluding hydrogens is 198 g/mol. The van der Waals surface area contributed by atoms with Crippen LogP contribution in [0.2, 0.25) is 0 Å². The molecule has 96 valence electrons. The summed E-state index contributed by atoms with van der Waals surface area (Å²) < 4.78 is 0. The zero-order valence-electron chi connectivity index (χ0n) is 11.2. The fraction of sp³-hybridized carbons (Fsp3) is 1.00. The Bertz CT molecular complexity index is 182. The molecule has 3 unspecified atom stereocenters. The van der Waals surface area contributed by atoms with Crippen LogP contribution in [0.3, 0.4) is 0 Å². The fourth-order valence-electron chi connectivity index (χ4n) is 2.80. The van der Waals surface area contributed by atoms with Crippen LogP contribution < -0.4 is 5.32 Å². The highest BCUT2D eigenvalue weighted by molar-refractivity contribution is 4.79. The molecule has 16 heavy (non-hydrogen) atoms. The predicted octanol–water partition coefficient (Wildman–Crippen LogP) is 2.95. The average molecular weight is 227 g/mol. The maximum absolute atomic E-state index is 9.54. The second kappa shape index (κ2) is 7.29. The highest BCUT2D eigenvalue weighted by atomic mass is 16.3. The monoisotopic (exact) mass is 227 g/mol. The molecule has 1 aliphatic carbocycles. The molecule has 2 N–H and O–H groups in total. The third kappa shape index (κ3) is 5.31. The van der Waals surface area contributed by atoms with E-state index in [2.05, 4.69) is 19.2 Å². The molecule has 0 radical (unpaired) electrons. The van der Waals surface area contributed by atoms with E-state index in [0.29, 0.717) is 6.04 Å². The van der Waals surface area contributed by atoms with Crippen LogP contribution in [0.4, 0.5) is 0 Å². The summed E-state index contributed by atoms with van der Waals surface area (Å²) in [6.07, 6.45) is 7.44. The molecule has 3 atom stereocenters. The van der Waals surface area contributed by atoms with Gasteiger partial charge in [-0.05, 0) is 37.5 Å². The van der Waals surface area contributed by atoms with Gasteiger partial charge in [-0.15, -0.1) is 0 Å². The summed E-state index contributed by atoms with van der Waals surface area (Å²) in [6.45, 7) is 7.44. The lowest BCUT2D eigenvalue weighted by Crippen LogP contribution is -2.38. The molecule has 0 aromatic carbocycles. The summed E-state index contributed by atoms with van der Waals surface area (Å²) in [4.78, 5) is 0. The van der Waals surface area contributed by atoms with Crippen LogP contribution >= 0.6 is 0 Å². The van der Waals surface area contributed by atoms with E-state index in [-0.39, 0.29) is 6.10 Å². The van der Waals surface area contributed by atoms with Crippen LogP contribution in [0.1, 0.15) is 59.3 Å². The number of rotatable bonds is 6. The van der Waals surface area contributed by atoms with Gasteiger partial charge in [-0.3, -0.25) is 0 Å². The maximum Gasteiger partial charge on any atom is 0.0662 e. The van der Waals surface area contributed by atoms with Crippen molar-refractivity contribution in [2.24, 2.45) is 11.8 Å². The van der Waals surface area contributed by atoms with Gasteiger partial charge in [0.2, 0.25) is 0 Å². The van der Waals surface area contributed by atoms with Crippen LogP contribution in [0.25, 0.3) is 0 Å². The molecule has 0 aliphatic heterocycles. The van der Waals surface area contributed by atoms with E-state index in [9.17, 15) is 5.11 Å². The first-order chi connectivity index (χ1) is 7.61. The molecule has 0 saturated heterocycles. The normalized spacial score (nSPS) is 28.3. The number of aliphatic hydroxyl groups excluding tert-OH is 1. The minimum Gasteiger partial charge on any atom is -0.392 e. The van der Waals surface area contributed by atoms with Crippen molar-refractivity contribution < 1.29 is 5.11 Å². The lowest BCUT2D eigenvalue weighted by Gasteiger charge is -2.31. The van der Waals surface area contributed by atoms with E-state index in [4.69, 9.17) is 0 Å². The standard InChI is InChI=1S/C14H29NO/c1-4-14(16)10-15-13-7-5-6-12(9-13)8-11(2)3/h11-16H,4-10H2,1-3H3. The van der Waals surface area contributed by atoms with E-state index in [1.54, 1.807) is 0 Å².